The van der Waals surface area contributed by atoms with E-state index in [-0.39, 0.29) is 0 Å². The van der Waals surface area contributed by atoms with Crippen LogP contribution in [-0.2, 0) is 0 Å². The van der Waals surface area contributed by atoms with Gasteiger partial charge in [-0.1, -0.05) is 108 Å². The summed E-state index contributed by atoms with van der Waals surface area (Å²) in [6.45, 7) is 9.90. The molecule has 0 saturated heterocycles. The topological polar surface area (TPSA) is 0 Å². The number of allylic oxidation sites excluding steroid dienone is 12. The Balaban J connectivity index is 0.945. The number of hydrogen-bond donors (Lipinski definition) is 0. The smallest absolute Gasteiger partial charge is 0.0101 e. The molecule has 1 fully saturated rings. The van der Waals surface area contributed by atoms with Gasteiger partial charge in [0, 0.05) is 11.8 Å². The zero-order valence-electron chi connectivity index (χ0n) is 34.7. The zero-order chi connectivity index (χ0) is 38.3. The molecule has 0 N–H and O–H groups in total. The fraction of sp³-hybridized carbons (Fsp3) is 0.379. The molecule has 58 heavy (non-hydrogen) atoms. The van der Waals surface area contributed by atoms with Crippen molar-refractivity contribution < 1.29 is 0 Å². The maximum atomic E-state index is 2.80. The molecular weight excluding hydrogens is 697 g/mol. The lowest BCUT2D eigenvalue weighted by Gasteiger charge is -2.55. The molecule has 14 rings (SSSR count). The Morgan fingerprint density at radius 1 is 0.569 bits per heavy atom. The second-order valence-electron chi connectivity index (χ2n) is 20.7. The van der Waals surface area contributed by atoms with Crippen molar-refractivity contribution in [3.8, 4) is 0 Å². The molecule has 0 bridgehead atoms. The molecule has 0 radical (unpaired) electrons. The van der Waals surface area contributed by atoms with Crippen LogP contribution in [0.25, 0.3) is 44.8 Å². The average Bonchev–Trinajstić information content (AvgIpc) is 3.25. The third-order valence-corrected chi connectivity index (χ3v) is 18.2. The van der Waals surface area contributed by atoms with Crippen molar-refractivity contribution >= 4 is 44.8 Å². The van der Waals surface area contributed by atoms with Gasteiger partial charge in [0.1, 0.15) is 0 Å². The molecule has 0 spiro atoms. The predicted octanol–water partition coefficient (Wildman–Crippen LogP) is 11.3. The molecule has 10 unspecified atom stereocenters. The first kappa shape index (κ1) is 33.2. The standard InChI is InChI=1S/C58H54/c1-29-19-37-13-14-38-20-30(2)41-17-18-42-46(26-39-15-16-40(29)56-53(37)54(38)57(41)58(42)55(39)56)44-21-31(3)43-27-51-49-24-35-11-7-5-9-33(35)22-47(49)48-23-34-10-6-8-12-36(34)25-50(48)52(51)28-45(43)32(44)4/h5-10,13-14,16-17,19-20,22-23,27-28,35-36,39,42,44,46,49-50,55,58H,11-12,15,18,21,24-26H2,1-4H3. The molecule has 286 valence electrons. The van der Waals surface area contributed by atoms with Crippen molar-refractivity contribution in [3.63, 3.8) is 0 Å². The van der Waals surface area contributed by atoms with E-state index in [1.807, 2.05) is 0 Å². The predicted molar refractivity (Wildman–Crippen MR) is 242 cm³/mol. The largest absolute Gasteiger partial charge is 0.0839 e. The van der Waals surface area contributed by atoms with Crippen molar-refractivity contribution in [2.75, 3.05) is 0 Å². The Morgan fingerprint density at radius 2 is 1.16 bits per heavy atom. The Morgan fingerprint density at radius 3 is 1.79 bits per heavy atom. The Kier molecular flexibility index (Phi) is 6.60. The van der Waals surface area contributed by atoms with Crippen molar-refractivity contribution in [1.29, 1.82) is 0 Å². The molecule has 10 atom stereocenters. The minimum atomic E-state index is 0.493. The fourth-order valence-corrected chi connectivity index (χ4v) is 15.8. The molecular formula is C58H54. The van der Waals surface area contributed by atoms with E-state index in [1.54, 1.807) is 87.3 Å². The summed E-state index contributed by atoms with van der Waals surface area (Å²) in [6, 6.07) is 15.5. The van der Waals surface area contributed by atoms with E-state index in [0.29, 0.717) is 53.3 Å². The van der Waals surface area contributed by atoms with Gasteiger partial charge in [0.2, 0.25) is 0 Å². The molecule has 1 saturated carbocycles. The Bertz CT molecular complexity index is 3110. The maximum absolute atomic E-state index is 2.80. The summed E-state index contributed by atoms with van der Waals surface area (Å²) in [5.41, 5.74) is 19.6. The van der Waals surface area contributed by atoms with Crippen LogP contribution in [0.5, 0.6) is 0 Å². The molecule has 0 aromatic heterocycles. The highest BCUT2D eigenvalue weighted by Crippen LogP contribution is 2.63. The van der Waals surface area contributed by atoms with Crippen LogP contribution >= 0.6 is 0 Å². The first-order valence-electron chi connectivity index (χ1n) is 23.1. The van der Waals surface area contributed by atoms with Crippen LogP contribution in [0, 0.1) is 49.4 Å². The van der Waals surface area contributed by atoms with Gasteiger partial charge in [0.15, 0.2) is 0 Å². The van der Waals surface area contributed by atoms with E-state index in [0.717, 1.165) is 5.92 Å². The zero-order valence-corrected chi connectivity index (χ0v) is 34.7. The molecule has 0 heteroatoms. The van der Waals surface area contributed by atoms with Crippen LogP contribution in [0.2, 0.25) is 0 Å². The Hall–Kier alpha value is -4.68. The van der Waals surface area contributed by atoms with E-state index in [4.69, 9.17) is 0 Å². The monoisotopic (exact) mass is 750 g/mol. The van der Waals surface area contributed by atoms with Gasteiger partial charge in [-0.3, -0.25) is 0 Å². The van der Waals surface area contributed by atoms with Crippen molar-refractivity contribution in [3.05, 3.63) is 162 Å². The van der Waals surface area contributed by atoms with Crippen LogP contribution in [0.4, 0.5) is 0 Å². The third-order valence-electron chi connectivity index (χ3n) is 18.2. The highest BCUT2D eigenvalue weighted by molar-refractivity contribution is 6.13. The fourth-order valence-electron chi connectivity index (χ4n) is 15.8. The Labute approximate surface area is 343 Å². The SMILES string of the molecule is CC1=c2cc3c(cc2=C(C)C(C2CC4CC=c5c(C)cc6ccc7cc(C)c8c9c7c6c5C4C9C2CC=8)C1)C1CC2CC=CC=C2C=C1C1=CC2=CC=CCC2CC13. The van der Waals surface area contributed by atoms with Gasteiger partial charge >= 0.3 is 0 Å². The van der Waals surface area contributed by atoms with Crippen LogP contribution in [0.1, 0.15) is 122 Å². The summed E-state index contributed by atoms with van der Waals surface area (Å²) >= 11 is 0. The van der Waals surface area contributed by atoms with Crippen LogP contribution in [-0.4, -0.2) is 0 Å². The number of rotatable bonds is 1. The lowest BCUT2D eigenvalue weighted by atomic mass is 9.49. The number of benzene rings is 4. The summed E-state index contributed by atoms with van der Waals surface area (Å²) in [5.74, 6) is 6.29. The van der Waals surface area contributed by atoms with Crippen molar-refractivity contribution in [2.45, 2.75) is 103 Å². The molecule has 0 amide bonds. The molecule has 0 heterocycles. The van der Waals surface area contributed by atoms with Gasteiger partial charge < -0.3 is 0 Å². The molecule has 0 nitrogen and oxygen atoms in total. The molecule has 4 aromatic carbocycles. The first-order valence-corrected chi connectivity index (χ1v) is 23.1. The minimum Gasteiger partial charge on any atom is -0.0839 e. The van der Waals surface area contributed by atoms with Crippen molar-refractivity contribution in [1.82, 2.24) is 0 Å². The van der Waals surface area contributed by atoms with Gasteiger partial charge in [-0.05, 0) is 224 Å². The normalized spacial score (nSPS) is 33.8. The van der Waals surface area contributed by atoms with E-state index in [2.05, 4.69) is 125 Å². The molecule has 10 aliphatic rings. The second kappa shape index (κ2) is 11.5. The van der Waals surface area contributed by atoms with E-state index in [9.17, 15) is 0 Å². The third kappa shape index (κ3) is 4.18. The van der Waals surface area contributed by atoms with E-state index in [1.165, 1.54) is 73.3 Å². The van der Waals surface area contributed by atoms with Gasteiger partial charge in [0.05, 0.1) is 0 Å². The van der Waals surface area contributed by atoms with Crippen LogP contribution in [0.3, 0.4) is 0 Å². The highest BCUT2D eigenvalue weighted by Gasteiger charge is 2.53. The quantitative estimate of drug-likeness (QED) is 0.170. The maximum Gasteiger partial charge on any atom is 0.0101 e. The minimum absolute atomic E-state index is 0.493. The van der Waals surface area contributed by atoms with Gasteiger partial charge in [-0.25, -0.2) is 0 Å². The average molecular weight is 751 g/mol. The lowest BCUT2D eigenvalue weighted by Crippen LogP contribution is -2.49. The number of hydrogen-bond acceptors (Lipinski definition) is 0. The van der Waals surface area contributed by atoms with E-state index < -0.39 is 0 Å². The summed E-state index contributed by atoms with van der Waals surface area (Å²) < 4.78 is 0. The van der Waals surface area contributed by atoms with Crippen LogP contribution < -0.4 is 20.9 Å². The lowest BCUT2D eigenvalue weighted by molar-refractivity contribution is 0.0957. The first-order chi connectivity index (χ1) is 28.4. The summed E-state index contributed by atoms with van der Waals surface area (Å²) in [6.07, 6.45) is 34.9. The molecule has 10 aliphatic carbocycles. The van der Waals surface area contributed by atoms with Crippen LogP contribution in [0.15, 0.2) is 107 Å². The molecule has 0 aliphatic heterocycles. The van der Waals surface area contributed by atoms with Gasteiger partial charge in [-0.15, -0.1) is 0 Å². The van der Waals surface area contributed by atoms with E-state index >= 15 is 0 Å². The second-order valence-corrected chi connectivity index (χ2v) is 20.7. The van der Waals surface area contributed by atoms with Gasteiger partial charge in [-0.2, -0.15) is 0 Å². The molecule has 4 aromatic rings. The summed E-state index contributed by atoms with van der Waals surface area (Å²) in [4.78, 5) is 0. The highest BCUT2D eigenvalue weighted by atomic mass is 14.6. The van der Waals surface area contributed by atoms with Crippen molar-refractivity contribution in [2.24, 2.45) is 35.5 Å². The number of fused-ring (bicyclic) bond motifs is 9. The van der Waals surface area contributed by atoms with Gasteiger partial charge in [0.25, 0.3) is 0 Å². The summed E-state index contributed by atoms with van der Waals surface area (Å²) in [5, 5.41) is 12.5. The summed E-state index contributed by atoms with van der Waals surface area (Å²) in [7, 11) is 0. The number of aryl methyl sites for hydroxylation is 2.